The highest BCUT2D eigenvalue weighted by Gasteiger charge is 2.12. The molecule has 0 saturated carbocycles. The zero-order valence-electron chi connectivity index (χ0n) is 14.5. The molecule has 1 saturated heterocycles. The number of nitrogens with two attached hydrogens (primary N) is 2. The normalized spacial score (nSPS) is 17.4. The lowest BCUT2D eigenvalue weighted by molar-refractivity contribution is 0.275. The molecule has 4 nitrogen and oxygen atoms in total. The van der Waals surface area contributed by atoms with Gasteiger partial charge in [0.25, 0.3) is 0 Å². The zero-order chi connectivity index (χ0) is 17.5. The number of benzene rings is 2. The Kier molecular flexibility index (Phi) is 6.48. The Hall–Kier alpha value is -1.85. The van der Waals surface area contributed by atoms with Crippen molar-refractivity contribution in [3.05, 3.63) is 42.5 Å². The van der Waals surface area contributed by atoms with Crippen LogP contribution in [0.15, 0.2) is 52.3 Å². The van der Waals surface area contributed by atoms with Crippen LogP contribution in [0.25, 0.3) is 0 Å². The number of rotatable bonds is 7. The van der Waals surface area contributed by atoms with Gasteiger partial charge in [0.15, 0.2) is 0 Å². The van der Waals surface area contributed by atoms with Crippen LogP contribution in [0.2, 0.25) is 0 Å². The van der Waals surface area contributed by atoms with Gasteiger partial charge in [0.2, 0.25) is 0 Å². The van der Waals surface area contributed by atoms with Crippen molar-refractivity contribution in [1.82, 2.24) is 5.32 Å². The highest BCUT2D eigenvalue weighted by molar-refractivity contribution is 7.99. The molecule has 0 amide bonds. The minimum atomic E-state index is 0.620. The van der Waals surface area contributed by atoms with Crippen LogP contribution in [0.5, 0.6) is 5.75 Å². The van der Waals surface area contributed by atoms with E-state index in [2.05, 4.69) is 17.4 Å². The van der Waals surface area contributed by atoms with Crippen molar-refractivity contribution < 1.29 is 4.74 Å². The smallest absolute Gasteiger partial charge is 0.120 e. The van der Waals surface area contributed by atoms with E-state index in [0.717, 1.165) is 41.0 Å². The summed E-state index contributed by atoms with van der Waals surface area (Å²) in [4.78, 5) is 2.21. The molecule has 2 aromatic rings. The van der Waals surface area contributed by atoms with Crippen molar-refractivity contribution in [2.45, 2.75) is 35.5 Å². The van der Waals surface area contributed by atoms with Crippen LogP contribution in [0, 0.1) is 5.92 Å². The molecule has 0 aromatic heterocycles. The summed E-state index contributed by atoms with van der Waals surface area (Å²) in [5.74, 6) is 1.74. The first-order valence-corrected chi connectivity index (χ1v) is 9.79. The van der Waals surface area contributed by atoms with E-state index in [0.29, 0.717) is 11.4 Å². The van der Waals surface area contributed by atoms with E-state index in [9.17, 15) is 0 Å². The summed E-state index contributed by atoms with van der Waals surface area (Å²) < 4.78 is 5.94. The van der Waals surface area contributed by atoms with E-state index in [4.69, 9.17) is 16.2 Å². The van der Waals surface area contributed by atoms with Crippen LogP contribution in [0.3, 0.4) is 0 Å². The number of nitrogens with one attached hydrogen (secondary N) is 1. The van der Waals surface area contributed by atoms with E-state index in [-0.39, 0.29) is 0 Å². The minimum absolute atomic E-state index is 0.620. The molecular weight excluding hydrogens is 330 g/mol. The standard InChI is InChI=1S/C20H27N3OS/c21-19-9-8-18(13-20(19)22)25-17-7-1-6-16(12-17)24-11-3-5-15-4-2-10-23-14-15/h1,6-9,12-13,15,23H,2-5,10-11,14,21-22H2. The molecule has 1 aliphatic rings. The number of anilines is 2. The van der Waals surface area contributed by atoms with Gasteiger partial charge in [-0.1, -0.05) is 17.8 Å². The summed E-state index contributed by atoms with van der Waals surface area (Å²) in [6.45, 7) is 3.12. The monoisotopic (exact) mass is 357 g/mol. The first kappa shape index (κ1) is 18.0. The third-order valence-corrected chi connectivity index (χ3v) is 5.50. The Labute approximate surface area is 154 Å². The van der Waals surface area contributed by atoms with E-state index in [1.54, 1.807) is 11.8 Å². The Morgan fingerprint density at radius 2 is 1.96 bits per heavy atom. The van der Waals surface area contributed by atoms with Crippen molar-refractivity contribution in [1.29, 1.82) is 0 Å². The number of hydrogen-bond acceptors (Lipinski definition) is 5. The van der Waals surface area contributed by atoms with Gasteiger partial charge in [0.05, 0.1) is 18.0 Å². The molecular formula is C20H27N3OS. The Morgan fingerprint density at radius 3 is 2.76 bits per heavy atom. The maximum absolute atomic E-state index is 5.94. The van der Waals surface area contributed by atoms with Crippen LogP contribution < -0.4 is 21.5 Å². The predicted octanol–water partition coefficient (Wildman–Crippen LogP) is 4.16. The quantitative estimate of drug-likeness (QED) is 0.512. The van der Waals surface area contributed by atoms with Crippen LogP contribution >= 0.6 is 11.8 Å². The van der Waals surface area contributed by atoms with Crippen LogP contribution in [-0.4, -0.2) is 19.7 Å². The lowest BCUT2D eigenvalue weighted by Crippen LogP contribution is -2.29. The third-order valence-electron chi connectivity index (χ3n) is 4.52. The van der Waals surface area contributed by atoms with Gasteiger partial charge in [0.1, 0.15) is 5.75 Å². The SMILES string of the molecule is Nc1ccc(Sc2cccc(OCCCC3CCCNC3)c2)cc1N. The Morgan fingerprint density at radius 1 is 1.08 bits per heavy atom. The zero-order valence-corrected chi connectivity index (χ0v) is 15.4. The van der Waals surface area contributed by atoms with Gasteiger partial charge in [-0.15, -0.1) is 0 Å². The molecule has 5 heteroatoms. The average Bonchev–Trinajstić information content (AvgIpc) is 2.63. The van der Waals surface area contributed by atoms with Crippen LogP contribution in [0.1, 0.15) is 25.7 Å². The first-order valence-electron chi connectivity index (χ1n) is 8.97. The van der Waals surface area contributed by atoms with Crippen molar-refractivity contribution in [2.75, 3.05) is 31.2 Å². The molecule has 1 unspecified atom stereocenters. The topological polar surface area (TPSA) is 73.3 Å². The van der Waals surface area contributed by atoms with Gasteiger partial charge in [0, 0.05) is 9.79 Å². The number of hydrogen-bond donors (Lipinski definition) is 3. The molecule has 1 aliphatic heterocycles. The highest BCUT2D eigenvalue weighted by Crippen LogP contribution is 2.32. The molecule has 0 bridgehead atoms. The molecule has 3 rings (SSSR count). The molecule has 0 aliphatic carbocycles. The van der Waals surface area contributed by atoms with Gasteiger partial charge >= 0.3 is 0 Å². The molecule has 25 heavy (non-hydrogen) atoms. The van der Waals surface area contributed by atoms with Crippen LogP contribution in [-0.2, 0) is 0 Å². The second kappa shape index (κ2) is 9.02. The molecule has 0 spiro atoms. The Bertz CT molecular complexity index is 686. The number of piperidine rings is 1. The lowest BCUT2D eigenvalue weighted by Gasteiger charge is -2.22. The lowest BCUT2D eigenvalue weighted by atomic mass is 9.95. The van der Waals surface area contributed by atoms with E-state index in [1.807, 2.05) is 30.3 Å². The van der Waals surface area contributed by atoms with Gasteiger partial charge in [-0.25, -0.2) is 0 Å². The molecule has 134 valence electrons. The third kappa shape index (κ3) is 5.58. The fraction of sp³-hybridized carbons (Fsp3) is 0.400. The fourth-order valence-corrected chi connectivity index (χ4v) is 4.03. The molecule has 0 radical (unpaired) electrons. The highest BCUT2D eigenvalue weighted by atomic mass is 32.2. The summed E-state index contributed by atoms with van der Waals surface area (Å²) in [7, 11) is 0. The van der Waals surface area contributed by atoms with Gasteiger partial charge in [-0.2, -0.15) is 0 Å². The van der Waals surface area contributed by atoms with Crippen molar-refractivity contribution in [2.24, 2.45) is 5.92 Å². The second-order valence-corrected chi connectivity index (χ2v) is 7.72. The van der Waals surface area contributed by atoms with Crippen LogP contribution in [0.4, 0.5) is 11.4 Å². The molecule has 1 atom stereocenters. The van der Waals surface area contributed by atoms with Gasteiger partial charge in [-0.3, -0.25) is 0 Å². The van der Waals surface area contributed by atoms with Crippen molar-refractivity contribution in [3.8, 4) is 5.75 Å². The second-order valence-electron chi connectivity index (χ2n) is 6.57. The summed E-state index contributed by atoms with van der Waals surface area (Å²) in [5.41, 5.74) is 12.9. The summed E-state index contributed by atoms with van der Waals surface area (Å²) in [5, 5.41) is 3.47. The predicted molar refractivity (Wildman–Crippen MR) is 106 cm³/mol. The average molecular weight is 358 g/mol. The summed E-state index contributed by atoms with van der Waals surface area (Å²) in [6.07, 6.45) is 5.01. The van der Waals surface area contributed by atoms with Gasteiger partial charge in [-0.05, 0) is 81.1 Å². The van der Waals surface area contributed by atoms with Crippen molar-refractivity contribution >= 4 is 23.1 Å². The molecule has 1 fully saturated rings. The maximum atomic E-state index is 5.94. The largest absolute Gasteiger partial charge is 0.494 e. The van der Waals surface area contributed by atoms with Gasteiger partial charge < -0.3 is 21.5 Å². The first-order chi connectivity index (χ1) is 12.2. The molecule has 2 aromatic carbocycles. The maximum Gasteiger partial charge on any atom is 0.120 e. The summed E-state index contributed by atoms with van der Waals surface area (Å²) >= 11 is 1.66. The summed E-state index contributed by atoms with van der Waals surface area (Å²) in [6, 6.07) is 14.0. The molecule has 5 N–H and O–H groups in total. The van der Waals surface area contributed by atoms with E-state index in [1.165, 1.54) is 25.8 Å². The number of nitrogen functional groups attached to an aromatic ring is 2. The van der Waals surface area contributed by atoms with Crippen molar-refractivity contribution in [3.63, 3.8) is 0 Å². The Balaban J connectivity index is 1.48. The number of ether oxygens (including phenoxy) is 1. The van der Waals surface area contributed by atoms with E-state index >= 15 is 0 Å². The minimum Gasteiger partial charge on any atom is -0.494 e. The van der Waals surface area contributed by atoms with E-state index < -0.39 is 0 Å². The molecule has 1 heterocycles. The fourth-order valence-electron chi connectivity index (χ4n) is 3.11.